The minimum atomic E-state index is -1.06. The average Bonchev–Trinajstić information content (AvgIpc) is 3.14. The first kappa shape index (κ1) is 28.2. The topological polar surface area (TPSA) is 162 Å². The number of hydrogen-bond acceptors (Lipinski definition) is 11. The molecule has 1 unspecified atom stereocenters. The van der Waals surface area contributed by atoms with Crippen molar-refractivity contribution in [1.29, 1.82) is 0 Å². The Labute approximate surface area is 229 Å². The van der Waals surface area contributed by atoms with Crippen LogP contribution >= 0.6 is 0 Å². The first-order valence-electron chi connectivity index (χ1n) is 12.3. The van der Waals surface area contributed by atoms with E-state index in [4.69, 9.17) is 18.9 Å². The summed E-state index contributed by atoms with van der Waals surface area (Å²) in [6.07, 6.45) is 0.0882. The molecule has 4 rings (SSSR count). The van der Waals surface area contributed by atoms with Gasteiger partial charge in [-0.1, -0.05) is 0 Å². The number of hydrogen-bond donors (Lipinski definition) is 1. The van der Waals surface area contributed by atoms with E-state index in [2.05, 4.69) is 15.5 Å². The molecule has 2 aliphatic heterocycles. The van der Waals surface area contributed by atoms with E-state index in [0.29, 0.717) is 5.69 Å². The van der Waals surface area contributed by atoms with Gasteiger partial charge in [0.2, 0.25) is 17.6 Å². The molecule has 0 aromatic heterocycles. The number of carbonyl (C=O) groups is 5. The summed E-state index contributed by atoms with van der Waals surface area (Å²) >= 11 is 0. The predicted octanol–water partition coefficient (Wildman–Crippen LogP) is 3.24. The highest BCUT2D eigenvalue weighted by Crippen LogP contribution is 2.42. The summed E-state index contributed by atoms with van der Waals surface area (Å²) in [5.74, 6) is -2.34. The van der Waals surface area contributed by atoms with E-state index in [1.165, 1.54) is 44.6 Å². The maximum Gasteiger partial charge on any atom is 0.344 e. The summed E-state index contributed by atoms with van der Waals surface area (Å²) < 4.78 is 21.6. The first-order chi connectivity index (χ1) is 18.9. The molecule has 0 aliphatic carbocycles. The van der Waals surface area contributed by atoms with Gasteiger partial charge in [0.05, 0.1) is 36.7 Å². The summed E-state index contributed by atoms with van der Waals surface area (Å²) in [5.41, 5.74) is 0.118. The van der Waals surface area contributed by atoms with Crippen molar-refractivity contribution in [2.24, 2.45) is 10.2 Å². The smallest absolute Gasteiger partial charge is 0.344 e. The van der Waals surface area contributed by atoms with Gasteiger partial charge < -0.3 is 18.9 Å². The van der Waals surface area contributed by atoms with Crippen LogP contribution in [0.25, 0.3) is 0 Å². The number of esters is 1. The molecular formula is C27H28N4O9. The van der Waals surface area contributed by atoms with Gasteiger partial charge in [0.15, 0.2) is 18.1 Å². The Hall–Kier alpha value is -4.81. The number of azo groups is 1. The zero-order valence-corrected chi connectivity index (χ0v) is 22.6. The normalized spacial score (nSPS) is 17.1. The summed E-state index contributed by atoms with van der Waals surface area (Å²) in [6.45, 7) is 4.86. The van der Waals surface area contributed by atoms with Crippen molar-refractivity contribution in [1.82, 2.24) is 10.2 Å². The van der Waals surface area contributed by atoms with Crippen LogP contribution in [-0.4, -0.2) is 67.0 Å². The van der Waals surface area contributed by atoms with Gasteiger partial charge in [-0.25, -0.2) is 4.79 Å². The molecule has 0 bridgehead atoms. The number of imide groups is 2. The fourth-order valence-electron chi connectivity index (χ4n) is 4.20. The first-order valence-corrected chi connectivity index (χ1v) is 12.3. The second-order valence-electron chi connectivity index (χ2n) is 9.93. The largest absolute Gasteiger partial charge is 0.493 e. The van der Waals surface area contributed by atoms with Gasteiger partial charge in [0, 0.05) is 18.6 Å². The van der Waals surface area contributed by atoms with Gasteiger partial charge in [-0.3, -0.25) is 29.4 Å². The molecule has 2 heterocycles. The lowest BCUT2D eigenvalue weighted by Crippen LogP contribution is -2.54. The van der Waals surface area contributed by atoms with E-state index in [0.717, 1.165) is 4.90 Å². The molecule has 2 aliphatic rings. The fourth-order valence-corrected chi connectivity index (χ4v) is 4.20. The zero-order valence-electron chi connectivity index (χ0n) is 22.6. The quantitative estimate of drug-likeness (QED) is 0.294. The van der Waals surface area contributed by atoms with Crippen molar-refractivity contribution >= 4 is 41.0 Å². The number of nitrogens with one attached hydrogen (secondary N) is 1. The molecule has 13 heteroatoms. The van der Waals surface area contributed by atoms with E-state index < -0.39 is 41.2 Å². The van der Waals surface area contributed by atoms with Gasteiger partial charge in [0.25, 0.3) is 11.8 Å². The maximum atomic E-state index is 13.0. The number of benzene rings is 2. The lowest BCUT2D eigenvalue weighted by molar-refractivity contribution is -0.157. The van der Waals surface area contributed by atoms with Crippen LogP contribution in [0, 0.1) is 0 Å². The molecule has 40 heavy (non-hydrogen) atoms. The molecule has 1 atom stereocenters. The molecule has 4 amide bonds. The number of ether oxygens (including phenoxy) is 4. The summed E-state index contributed by atoms with van der Waals surface area (Å²) in [4.78, 5) is 62.6. The number of piperidine rings is 1. The number of amides is 4. The third kappa shape index (κ3) is 5.92. The van der Waals surface area contributed by atoms with Crippen LogP contribution in [0.5, 0.6) is 17.2 Å². The number of methoxy groups -OCH3 is 2. The van der Waals surface area contributed by atoms with Crippen molar-refractivity contribution in [2.45, 2.75) is 45.3 Å². The Morgan fingerprint density at radius 1 is 0.950 bits per heavy atom. The molecule has 210 valence electrons. The molecule has 0 radical (unpaired) electrons. The summed E-state index contributed by atoms with van der Waals surface area (Å²) in [6, 6.07) is 6.31. The van der Waals surface area contributed by atoms with Crippen LogP contribution in [0.3, 0.4) is 0 Å². The van der Waals surface area contributed by atoms with Crippen molar-refractivity contribution in [3.63, 3.8) is 0 Å². The summed E-state index contributed by atoms with van der Waals surface area (Å²) in [7, 11) is 2.82. The lowest BCUT2D eigenvalue weighted by Gasteiger charge is -2.27. The number of nitrogens with zero attached hydrogens (tertiary/aromatic N) is 3. The van der Waals surface area contributed by atoms with Gasteiger partial charge in [0.1, 0.15) is 11.6 Å². The van der Waals surface area contributed by atoms with Crippen molar-refractivity contribution in [3.05, 3.63) is 41.5 Å². The molecule has 0 saturated carbocycles. The Morgan fingerprint density at radius 3 is 2.17 bits per heavy atom. The van der Waals surface area contributed by atoms with Crippen LogP contribution in [0.4, 0.5) is 11.4 Å². The van der Waals surface area contributed by atoms with E-state index in [9.17, 15) is 24.0 Å². The monoisotopic (exact) mass is 552 g/mol. The molecule has 2 aromatic rings. The highest BCUT2D eigenvalue weighted by atomic mass is 16.6. The van der Waals surface area contributed by atoms with Crippen LogP contribution in [-0.2, 0) is 19.1 Å². The molecule has 1 N–H and O–H groups in total. The SMILES string of the molecule is COc1cc(/N=N/c2ccc3c(c2)C(=O)N(C2CCC(=O)NC2=O)C3=O)cc(OC)c1OCC(=O)OC(C)(C)C. The van der Waals surface area contributed by atoms with Gasteiger partial charge >= 0.3 is 5.97 Å². The fraction of sp³-hybridized carbons (Fsp3) is 0.370. The molecule has 13 nitrogen and oxygen atoms in total. The highest BCUT2D eigenvalue weighted by Gasteiger charge is 2.44. The molecular weight excluding hydrogens is 524 g/mol. The predicted molar refractivity (Wildman–Crippen MR) is 138 cm³/mol. The average molecular weight is 553 g/mol. The third-order valence-electron chi connectivity index (χ3n) is 5.90. The van der Waals surface area contributed by atoms with Crippen LogP contribution < -0.4 is 19.5 Å². The lowest BCUT2D eigenvalue weighted by atomic mass is 10.0. The number of fused-ring (bicyclic) bond motifs is 1. The Kier molecular flexibility index (Phi) is 7.84. The van der Waals surface area contributed by atoms with Crippen LogP contribution in [0.1, 0.15) is 54.3 Å². The molecule has 0 spiro atoms. The van der Waals surface area contributed by atoms with Crippen molar-refractivity contribution in [3.8, 4) is 17.2 Å². The van der Waals surface area contributed by atoms with E-state index in [1.54, 1.807) is 20.8 Å². The number of carbonyl (C=O) groups excluding carboxylic acids is 5. The highest BCUT2D eigenvalue weighted by molar-refractivity contribution is 6.23. The Morgan fingerprint density at radius 2 is 1.57 bits per heavy atom. The van der Waals surface area contributed by atoms with Crippen molar-refractivity contribution in [2.75, 3.05) is 20.8 Å². The third-order valence-corrected chi connectivity index (χ3v) is 5.90. The van der Waals surface area contributed by atoms with Crippen LogP contribution in [0.2, 0.25) is 0 Å². The minimum Gasteiger partial charge on any atom is -0.493 e. The van der Waals surface area contributed by atoms with Crippen molar-refractivity contribution < 1.29 is 42.9 Å². The Balaban J connectivity index is 1.53. The van der Waals surface area contributed by atoms with Gasteiger partial charge in [-0.05, 0) is 45.4 Å². The molecule has 1 fully saturated rings. The zero-order chi connectivity index (χ0) is 29.2. The summed E-state index contributed by atoms with van der Waals surface area (Å²) in [5, 5.41) is 10.5. The van der Waals surface area contributed by atoms with E-state index >= 15 is 0 Å². The van der Waals surface area contributed by atoms with Crippen LogP contribution in [0.15, 0.2) is 40.6 Å². The second kappa shape index (κ2) is 11.1. The maximum absolute atomic E-state index is 13.0. The minimum absolute atomic E-state index is 0.0288. The Bertz CT molecular complexity index is 1400. The second-order valence-corrected chi connectivity index (χ2v) is 9.93. The van der Waals surface area contributed by atoms with Gasteiger partial charge in [-0.15, -0.1) is 0 Å². The standard InChI is InChI=1S/C27H28N4O9/c1-27(2,3)40-22(33)13-39-23-19(37-4)11-15(12-20(23)38-5)30-29-14-6-7-16-17(10-14)26(36)31(25(16)35)18-8-9-21(32)28-24(18)34/h6-7,10-12,18H,8-9,13H2,1-5H3,(H,28,32,34)/b30-29+. The molecule has 1 saturated heterocycles. The molecule has 2 aromatic carbocycles. The van der Waals surface area contributed by atoms with Gasteiger partial charge in [-0.2, -0.15) is 10.2 Å². The van der Waals surface area contributed by atoms with E-state index in [1.807, 2.05) is 0 Å². The van der Waals surface area contributed by atoms with E-state index in [-0.39, 0.29) is 53.5 Å². The number of rotatable bonds is 8.